The molecule has 1 unspecified atom stereocenters. The van der Waals surface area contributed by atoms with E-state index in [-0.39, 0.29) is 12.7 Å². The van der Waals surface area contributed by atoms with Gasteiger partial charge in [-0.05, 0) is 33.6 Å². The highest BCUT2D eigenvalue weighted by Crippen LogP contribution is 2.24. The van der Waals surface area contributed by atoms with Crippen molar-refractivity contribution in [3.05, 3.63) is 11.6 Å². The van der Waals surface area contributed by atoms with Gasteiger partial charge in [-0.2, -0.15) is 0 Å². The van der Waals surface area contributed by atoms with Crippen LogP contribution in [0, 0.1) is 0 Å². The number of hydrogen-bond donors (Lipinski definition) is 1. The Bertz CT molecular complexity index is 209. The molecule has 82 valence electrons. The summed E-state index contributed by atoms with van der Waals surface area (Å²) in [6.45, 7) is 6.78. The number of ether oxygens (including phenoxy) is 2. The zero-order chi connectivity index (χ0) is 10.6. The summed E-state index contributed by atoms with van der Waals surface area (Å²) in [4.78, 5) is 0. The average Bonchev–Trinajstić information content (AvgIpc) is 2.42. The lowest BCUT2D eigenvalue weighted by molar-refractivity contribution is -0.133. The maximum absolute atomic E-state index is 8.68. The molecule has 1 rings (SSSR count). The molecule has 1 N–H and O–H groups in total. The van der Waals surface area contributed by atoms with E-state index in [1.54, 1.807) is 0 Å². The van der Waals surface area contributed by atoms with Gasteiger partial charge in [0.15, 0.2) is 5.79 Å². The molecule has 1 fully saturated rings. The van der Waals surface area contributed by atoms with Gasteiger partial charge in [0, 0.05) is 6.61 Å². The van der Waals surface area contributed by atoms with Crippen LogP contribution in [0.4, 0.5) is 0 Å². The molecule has 1 saturated heterocycles. The molecule has 1 aliphatic rings. The van der Waals surface area contributed by atoms with Crippen LogP contribution in [0.15, 0.2) is 11.6 Å². The quantitative estimate of drug-likeness (QED) is 0.704. The molecular weight excluding hydrogens is 180 g/mol. The van der Waals surface area contributed by atoms with Crippen molar-refractivity contribution in [2.75, 3.05) is 13.2 Å². The Morgan fingerprint density at radius 2 is 2.29 bits per heavy atom. The van der Waals surface area contributed by atoms with Crippen molar-refractivity contribution in [2.24, 2.45) is 0 Å². The first-order valence-electron chi connectivity index (χ1n) is 5.13. The Kier molecular flexibility index (Phi) is 4.11. The Morgan fingerprint density at radius 3 is 2.79 bits per heavy atom. The van der Waals surface area contributed by atoms with Crippen LogP contribution in [-0.2, 0) is 9.47 Å². The van der Waals surface area contributed by atoms with Gasteiger partial charge in [-0.15, -0.1) is 0 Å². The first-order chi connectivity index (χ1) is 6.53. The van der Waals surface area contributed by atoms with Crippen LogP contribution in [-0.4, -0.2) is 30.2 Å². The molecule has 0 radical (unpaired) electrons. The summed E-state index contributed by atoms with van der Waals surface area (Å²) in [5.41, 5.74) is 1.25. The third kappa shape index (κ3) is 3.78. The van der Waals surface area contributed by atoms with E-state index in [4.69, 9.17) is 14.6 Å². The minimum atomic E-state index is -0.446. The maximum atomic E-state index is 8.68. The third-order valence-corrected chi connectivity index (χ3v) is 2.23. The average molecular weight is 200 g/mol. The van der Waals surface area contributed by atoms with Crippen molar-refractivity contribution in [1.82, 2.24) is 0 Å². The summed E-state index contributed by atoms with van der Waals surface area (Å²) in [6.07, 6.45) is 3.91. The van der Waals surface area contributed by atoms with Gasteiger partial charge < -0.3 is 14.6 Å². The molecule has 0 spiro atoms. The van der Waals surface area contributed by atoms with Crippen molar-refractivity contribution in [3.8, 4) is 0 Å². The second-order valence-corrected chi connectivity index (χ2v) is 4.21. The lowest BCUT2D eigenvalue weighted by Gasteiger charge is -2.16. The van der Waals surface area contributed by atoms with E-state index in [9.17, 15) is 0 Å². The highest BCUT2D eigenvalue weighted by Gasteiger charge is 2.31. The summed E-state index contributed by atoms with van der Waals surface area (Å²) >= 11 is 0. The van der Waals surface area contributed by atoms with Gasteiger partial charge in [0.2, 0.25) is 0 Å². The van der Waals surface area contributed by atoms with Gasteiger partial charge in [0.05, 0.1) is 6.61 Å². The summed E-state index contributed by atoms with van der Waals surface area (Å²) < 4.78 is 11.1. The third-order valence-electron chi connectivity index (χ3n) is 2.23. The second kappa shape index (κ2) is 4.91. The zero-order valence-electron chi connectivity index (χ0n) is 9.25. The number of hydrogen-bond acceptors (Lipinski definition) is 3. The Balaban J connectivity index is 2.37. The van der Waals surface area contributed by atoms with Gasteiger partial charge in [0.1, 0.15) is 6.10 Å². The van der Waals surface area contributed by atoms with Crippen LogP contribution in [0.5, 0.6) is 0 Å². The van der Waals surface area contributed by atoms with Crippen LogP contribution in [0.2, 0.25) is 0 Å². The molecular formula is C11H20O3. The SMILES string of the molecule is C/C(=C/C1COC(C)(C)O1)CCCO. The largest absolute Gasteiger partial charge is 0.396 e. The van der Waals surface area contributed by atoms with E-state index in [1.165, 1.54) is 5.57 Å². The first kappa shape index (κ1) is 11.7. The van der Waals surface area contributed by atoms with Gasteiger partial charge in [0.25, 0.3) is 0 Å². The van der Waals surface area contributed by atoms with E-state index in [0.29, 0.717) is 6.61 Å². The fourth-order valence-corrected chi connectivity index (χ4v) is 1.56. The van der Waals surface area contributed by atoms with E-state index in [2.05, 4.69) is 13.0 Å². The van der Waals surface area contributed by atoms with Gasteiger partial charge in [-0.25, -0.2) is 0 Å². The highest BCUT2D eigenvalue weighted by molar-refractivity contribution is 5.03. The predicted octanol–water partition coefficient (Wildman–Crippen LogP) is 1.86. The molecule has 1 aliphatic heterocycles. The minimum Gasteiger partial charge on any atom is -0.396 e. The molecule has 3 heteroatoms. The lowest BCUT2D eigenvalue weighted by Crippen LogP contribution is -2.20. The molecule has 0 aliphatic carbocycles. The molecule has 0 aromatic heterocycles. The van der Waals surface area contributed by atoms with Crippen molar-refractivity contribution in [3.63, 3.8) is 0 Å². The topological polar surface area (TPSA) is 38.7 Å². The van der Waals surface area contributed by atoms with Crippen LogP contribution < -0.4 is 0 Å². The first-order valence-corrected chi connectivity index (χ1v) is 5.13. The van der Waals surface area contributed by atoms with Gasteiger partial charge in [-0.1, -0.05) is 11.6 Å². The maximum Gasteiger partial charge on any atom is 0.163 e. The van der Waals surface area contributed by atoms with Crippen molar-refractivity contribution in [2.45, 2.75) is 45.5 Å². The van der Waals surface area contributed by atoms with E-state index in [1.807, 2.05) is 13.8 Å². The fourth-order valence-electron chi connectivity index (χ4n) is 1.56. The molecule has 3 nitrogen and oxygen atoms in total. The van der Waals surface area contributed by atoms with E-state index >= 15 is 0 Å². The normalized spacial score (nSPS) is 26.9. The second-order valence-electron chi connectivity index (χ2n) is 4.21. The molecule has 0 aromatic carbocycles. The van der Waals surface area contributed by atoms with Crippen molar-refractivity contribution in [1.29, 1.82) is 0 Å². The Morgan fingerprint density at radius 1 is 1.57 bits per heavy atom. The molecule has 0 aromatic rings. The Labute approximate surface area is 85.7 Å². The lowest BCUT2D eigenvalue weighted by atomic mass is 10.1. The van der Waals surface area contributed by atoms with Crippen LogP contribution in [0.3, 0.4) is 0 Å². The zero-order valence-corrected chi connectivity index (χ0v) is 9.25. The monoisotopic (exact) mass is 200 g/mol. The fraction of sp³-hybridized carbons (Fsp3) is 0.818. The molecule has 0 saturated carbocycles. The predicted molar refractivity (Wildman–Crippen MR) is 55.0 cm³/mol. The smallest absolute Gasteiger partial charge is 0.163 e. The summed E-state index contributed by atoms with van der Waals surface area (Å²) in [5.74, 6) is -0.446. The summed E-state index contributed by atoms with van der Waals surface area (Å²) in [5, 5.41) is 8.68. The molecule has 0 bridgehead atoms. The molecule has 1 heterocycles. The number of aliphatic hydroxyl groups is 1. The summed E-state index contributed by atoms with van der Waals surface area (Å²) in [7, 11) is 0. The molecule has 14 heavy (non-hydrogen) atoms. The summed E-state index contributed by atoms with van der Waals surface area (Å²) in [6, 6.07) is 0. The van der Waals surface area contributed by atoms with Gasteiger partial charge in [-0.3, -0.25) is 0 Å². The molecule has 0 amide bonds. The molecule has 1 atom stereocenters. The van der Waals surface area contributed by atoms with Crippen LogP contribution in [0.25, 0.3) is 0 Å². The Hall–Kier alpha value is -0.380. The standard InChI is InChI=1S/C11H20O3/c1-9(5-4-6-12)7-10-8-13-11(2,3)14-10/h7,10,12H,4-6,8H2,1-3H3/b9-7-. The highest BCUT2D eigenvalue weighted by atomic mass is 16.7. The van der Waals surface area contributed by atoms with Crippen molar-refractivity contribution < 1.29 is 14.6 Å². The number of aliphatic hydroxyl groups excluding tert-OH is 1. The van der Waals surface area contributed by atoms with Crippen LogP contribution >= 0.6 is 0 Å². The van der Waals surface area contributed by atoms with E-state index in [0.717, 1.165) is 12.8 Å². The van der Waals surface area contributed by atoms with Crippen LogP contribution in [0.1, 0.15) is 33.6 Å². The number of allylic oxidation sites excluding steroid dienone is 1. The van der Waals surface area contributed by atoms with Gasteiger partial charge >= 0.3 is 0 Å². The van der Waals surface area contributed by atoms with Crippen molar-refractivity contribution >= 4 is 0 Å². The van der Waals surface area contributed by atoms with E-state index < -0.39 is 5.79 Å². The number of rotatable bonds is 4. The minimum absolute atomic E-state index is 0.0729.